The predicted molar refractivity (Wildman–Crippen MR) is 125 cm³/mol. The Kier molecular flexibility index (Phi) is 8.04. The highest BCUT2D eigenvalue weighted by Gasteiger charge is 2.37. The van der Waals surface area contributed by atoms with E-state index in [4.69, 9.17) is 0 Å². The van der Waals surface area contributed by atoms with Gasteiger partial charge in [-0.25, -0.2) is 4.39 Å². The molecule has 0 heterocycles. The highest BCUT2D eigenvalue weighted by molar-refractivity contribution is 5.89. The quantitative estimate of drug-likeness (QED) is 0.269. The summed E-state index contributed by atoms with van der Waals surface area (Å²) in [5, 5.41) is 0.178. The van der Waals surface area contributed by atoms with Gasteiger partial charge in [-0.05, 0) is 72.8 Å². The normalized spacial score (nSPS) is 25.4. The fraction of sp³-hybridized carbons (Fsp3) is 0.643. The summed E-state index contributed by atoms with van der Waals surface area (Å²) in [6.45, 7) is 2.24. The van der Waals surface area contributed by atoms with Crippen molar-refractivity contribution in [2.75, 3.05) is 0 Å². The molecule has 6 heteroatoms. The summed E-state index contributed by atoms with van der Waals surface area (Å²) in [4.78, 5) is 0. The van der Waals surface area contributed by atoms with Crippen molar-refractivity contribution in [3.05, 3.63) is 41.5 Å². The summed E-state index contributed by atoms with van der Waals surface area (Å²) >= 11 is 0. The Morgan fingerprint density at radius 2 is 1.62 bits per heavy atom. The van der Waals surface area contributed by atoms with Gasteiger partial charge in [-0.2, -0.15) is 4.39 Å². The molecule has 34 heavy (non-hydrogen) atoms. The van der Waals surface area contributed by atoms with Crippen LogP contribution in [0.25, 0.3) is 10.8 Å². The number of benzene rings is 2. The molecule has 0 aliphatic heterocycles. The molecule has 2 aliphatic rings. The van der Waals surface area contributed by atoms with Crippen molar-refractivity contribution in [1.29, 1.82) is 0 Å². The third-order valence-electron chi connectivity index (χ3n) is 8.14. The molecule has 2 aromatic rings. The van der Waals surface area contributed by atoms with Crippen LogP contribution < -0.4 is 4.74 Å². The number of hydrogen-bond donors (Lipinski definition) is 0. The van der Waals surface area contributed by atoms with Crippen LogP contribution in [0.5, 0.6) is 5.75 Å². The van der Waals surface area contributed by atoms with E-state index >= 15 is 0 Å². The summed E-state index contributed by atoms with van der Waals surface area (Å²) in [7, 11) is 0. The van der Waals surface area contributed by atoms with Crippen LogP contribution in [-0.2, 0) is 0 Å². The van der Waals surface area contributed by atoms with Gasteiger partial charge in [-0.1, -0.05) is 70.1 Å². The van der Waals surface area contributed by atoms with Crippen molar-refractivity contribution in [3.63, 3.8) is 0 Å². The molecule has 1 nitrogen and oxygen atoms in total. The maximum Gasteiger partial charge on any atom is 0.573 e. The molecule has 0 aromatic heterocycles. The molecule has 4 atom stereocenters. The summed E-state index contributed by atoms with van der Waals surface area (Å²) < 4.78 is 70.2. The van der Waals surface area contributed by atoms with E-state index in [0.717, 1.165) is 36.3 Å². The van der Waals surface area contributed by atoms with Crippen LogP contribution in [-0.4, -0.2) is 6.36 Å². The number of rotatable bonds is 8. The fourth-order valence-corrected chi connectivity index (χ4v) is 6.39. The molecular formula is C28H35F5O. The summed E-state index contributed by atoms with van der Waals surface area (Å²) in [6, 6.07) is 5.88. The van der Waals surface area contributed by atoms with Crippen LogP contribution in [0.1, 0.15) is 95.5 Å². The van der Waals surface area contributed by atoms with Crippen molar-refractivity contribution in [1.82, 2.24) is 0 Å². The third kappa shape index (κ3) is 6.04. The number of alkyl halides is 3. The topological polar surface area (TPSA) is 9.23 Å². The van der Waals surface area contributed by atoms with Crippen molar-refractivity contribution in [2.45, 2.75) is 96.3 Å². The molecule has 4 rings (SSSR count). The third-order valence-corrected chi connectivity index (χ3v) is 8.14. The molecule has 4 unspecified atom stereocenters. The molecule has 2 aromatic carbocycles. The first-order valence-corrected chi connectivity index (χ1v) is 12.9. The predicted octanol–water partition coefficient (Wildman–Crippen LogP) is 9.68. The molecule has 0 bridgehead atoms. The zero-order chi connectivity index (χ0) is 24.3. The van der Waals surface area contributed by atoms with Gasteiger partial charge in [0.05, 0.1) is 0 Å². The second kappa shape index (κ2) is 10.8. The van der Waals surface area contributed by atoms with Crippen LogP contribution in [0.15, 0.2) is 24.3 Å². The standard InChI is InChI=1S/C28H35F5O/c1-2-3-4-5-6-7-18-8-9-20-15-21(11-10-19(20)14-18)22-12-13-24-23(16-22)17-25(29)26(30)27(24)34-28(31,32)33/h12-13,16-21H,2-11,14-15H2,1H3. The van der Waals surface area contributed by atoms with Crippen LogP contribution in [0.4, 0.5) is 22.0 Å². The number of halogens is 5. The molecule has 2 fully saturated rings. The van der Waals surface area contributed by atoms with Gasteiger partial charge < -0.3 is 4.74 Å². The average Bonchev–Trinajstić information content (AvgIpc) is 2.80. The second-order valence-electron chi connectivity index (χ2n) is 10.4. The zero-order valence-corrected chi connectivity index (χ0v) is 19.9. The molecule has 2 aliphatic carbocycles. The Hall–Kier alpha value is -1.85. The Bertz CT molecular complexity index is 969. The zero-order valence-electron chi connectivity index (χ0n) is 19.9. The van der Waals surface area contributed by atoms with Gasteiger partial charge in [0.15, 0.2) is 11.6 Å². The highest BCUT2D eigenvalue weighted by Crippen LogP contribution is 2.49. The van der Waals surface area contributed by atoms with Gasteiger partial charge >= 0.3 is 6.36 Å². The number of unbranched alkanes of at least 4 members (excludes halogenated alkanes) is 4. The number of hydrogen-bond acceptors (Lipinski definition) is 1. The molecule has 0 radical (unpaired) electrons. The first-order valence-electron chi connectivity index (χ1n) is 12.9. The monoisotopic (exact) mass is 482 g/mol. The SMILES string of the molecule is CCCCCCCC1CCC2CC(c3ccc4c(OC(F)(F)F)c(F)c(F)cc4c3)CCC2C1. The Morgan fingerprint density at radius 3 is 2.38 bits per heavy atom. The van der Waals surface area contributed by atoms with Crippen LogP contribution in [0.3, 0.4) is 0 Å². The van der Waals surface area contributed by atoms with Crippen LogP contribution in [0.2, 0.25) is 0 Å². The molecule has 0 amide bonds. The van der Waals surface area contributed by atoms with Gasteiger partial charge in [0.1, 0.15) is 0 Å². The molecule has 2 saturated carbocycles. The number of ether oxygens (including phenoxy) is 1. The summed E-state index contributed by atoms with van der Waals surface area (Å²) in [5.41, 5.74) is 0.993. The molecular weight excluding hydrogens is 447 g/mol. The van der Waals surface area contributed by atoms with Crippen molar-refractivity contribution < 1.29 is 26.7 Å². The Morgan fingerprint density at radius 1 is 0.882 bits per heavy atom. The Labute approximate surface area is 199 Å². The lowest BCUT2D eigenvalue weighted by Gasteiger charge is -2.42. The summed E-state index contributed by atoms with van der Waals surface area (Å²) in [5.74, 6) is -1.43. The van der Waals surface area contributed by atoms with Crippen LogP contribution in [0, 0.1) is 29.4 Å². The first kappa shape index (κ1) is 25.2. The largest absolute Gasteiger partial charge is 0.573 e. The lowest BCUT2D eigenvalue weighted by Crippen LogP contribution is -2.30. The van der Waals surface area contributed by atoms with E-state index < -0.39 is 23.7 Å². The van der Waals surface area contributed by atoms with E-state index in [1.54, 1.807) is 12.1 Å². The summed E-state index contributed by atoms with van der Waals surface area (Å²) in [6.07, 6.45) is 10.1. The van der Waals surface area contributed by atoms with Gasteiger partial charge in [0.2, 0.25) is 5.82 Å². The highest BCUT2D eigenvalue weighted by atomic mass is 19.4. The smallest absolute Gasteiger partial charge is 0.402 e. The lowest BCUT2D eigenvalue weighted by atomic mass is 9.63. The Balaban J connectivity index is 1.41. The van der Waals surface area contributed by atoms with E-state index in [9.17, 15) is 22.0 Å². The van der Waals surface area contributed by atoms with Crippen LogP contribution >= 0.6 is 0 Å². The van der Waals surface area contributed by atoms with Crippen molar-refractivity contribution in [2.24, 2.45) is 17.8 Å². The van der Waals surface area contributed by atoms with E-state index in [0.29, 0.717) is 11.8 Å². The van der Waals surface area contributed by atoms with E-state index in [2.05, 4.69) is 11.7 Å². The van der Waals surface area contributed by atoms with Gasteiger partial charge in [0, 0.05) is 5.39 Å². The number of fused-ring (bicyclic) bond motifs is 2. The van der Waals surface area contributed by atoms with Crippen molar-refractivity contribution in [3.8, 4) is 5.75 Å². The fourth-order valence-electron chi connectivity index (χ4n) is 6.39. The van der Waals surface area contributed by atoms with E-state index in [1.165, 1.54) is 70.3 Å². The lowest BCUT2D eigenvalue weighted by molar-refractivity contribution is -0.275. The molecule has 0 N–H and O–H groups in total. The maximum absolute atomic E-state index is 14.1. The minimum Gasteiger partial charge on any atom is -0.402 e. The van der Waals surface area contributed by atoms with Gasteiger partial charge in [-0.15, -0.1) is 13.2 Å². The maximum atomic E-state index is 14.1. The van der Waals surface area contributed by atoms with Crippen molar-refractivity contribution >= 4 is 10.8 Å². The van der Waals surface area contributed by atoms with Gasteiger partial charge in [-0.3, -0.25) is 0 Å². The molecule has 188 valence electrons. The first-order chi connectivity index (χ1) is 16.2. The minimum absolute atomic E-state index is 0.0619. The van der Waals surface area contributed by atoms with Gasteiger partial charge in [0.25, 0.3) is 0 Å². The van der Waals surface area contributed by atoms with E-state index in [1.807, 2.05) is 0 Å². The molecule has 0 saturated heterocycles. The van der Waals surface area contributed by atoms with E-state index in [-0.39, 0.29) is 10.8 Å². The average molecular weight is 483 g/mol. The second-order valence-corrected chi connectivity index (χ2v) is 10.4. The molecule has 0 spiro atoms. The minimum atomic E-state index is -5.09.